The largest absolute Gasteiger partial charge is 0.317 e. The Bertz CT molecular complexity index is 912. The minimum absolute atomic E-state index is 0.120. The monoisotopic (exact) mass is 354 g/mol. The summed E-state index contributed by atoms with van der Waals surface area (Å²) in [5, 5.41) is 12.5. The summed E-state index contributed by atoms with van der Waals surface area (Å²) in [5.74, 6) is 0. The smallest absolute Gasteiger partial charge is 0.144 e. The first-order valence-electron chi connectivity index (χ1n) is 8.50. The van der Waals surface area contributed by atoms with Gasteiger partial charge in [0.05, 0.1) is 11.6 Å². The summed E-state index contributed by atoms with van der Waals surface area (Å²) >= 11 is 0. The number of fused-ring (bicyclic) bond motifs is 1. The van der Waals surface area contributed by atoms with Crippen molar-refractivity contribution in [1.82, 2.24) is 14.9 Å². The molecule has 0 saturated carbocycles. The van der Waals surface area contributed by atoms with E-state index in [1.807, 2.05) is 35.0 Å². The Morgan fingerprint density at radius 3 is 2.65 bits per heavy atom. The van der Waals surface area contributed by atoms with Crippen LogP contribution in [0.25, 0.3) is 16.7 Å². The van der Waals surface area contributed by atoms with Gasteiger partial charge in [0.1, 0.15) is 18.0 Å². The zero-order chi connectivity index (χ0) is 18.5. The molecule has 0 fully saturated rings. The standard InChI is InChI=1S/C20H20F2N4/c1-24-13-18(22)10-17(21)9-15-8-16-6-7-26(20(16)25-12-15)19-4-2-14(11-23)3-5-19/h2-8,12,17-18,24H,9-10,13H2,1H3. The lowest BCUT2D eigenvalue weighted by Gasteiger charge is -2.12. The summed E-state index contributed by atoms with van der Waals surface area (Å²) in [5.41, 5.74) is 3.00. The third-order valence-corrected chi connectivity index (χ3v) is 4.25. The second-order valence-corrected chi connectivity index (χ2v) is 6.29. The fraction of sp³-hybridized carbons (Fsp3) is 0.300. The van der Waals surface area contributed by atoms with Crippen molar-refractivity contribution in [3.63, 3.8) is 0 Å². The van der Waals surface area contributed by atoms with Gasteiger partial charge in [-0.15, -0.1) is 0 Å². The molecule has 0 amide bonds. The maximum absolute atomic E-state index is 14.1. The van der Waals surface area contributed by atoms with Gasteiger partial charge in [0.25, 0.3) is 0 Å². The first-order valence-corrected chi connectivity index (χ1v) is 8.50. The van der Waals surface area contributed by atoms with E-state index in [1.165, 1.54) is 0 Å². The van der Waals surface area contributed by atoms with Crippen LogP contribution >= 0.6 is 0 Å². The summed E-state index contributed by atoms with van der Waals surface area (Å²) < 4.78 is 29.5. The summed E-state index contributed by atoms with van der Waals surface area (Å²) in [6.07, 6.45) is 1.13. The number of halogens is 2. The number of rotatable bonds is 7. The lowest BCUT2D eigenvalue weighted by molar-refractivity contribution is 0.216. The van der Waals surface area contributed by atoms with Crippen LogP contribution in [-0.4, -0.2) is 35.5 Å². The van der Waals surface area contributed by atoms with Crippen LogP contribution in [0.3, 0.4) is 0 Å². The number of hydrogen-bond acceptors (Lipinski definition) is 3. The molecular weight excluding hydrogens is 334 g/mol. The molecule has 0 spiro atoms. The molecule has 26 heavy (non-hydrogen) atoms. The number of nitrogens with zero attached hydrogens (tertiary/aromatic N) is 3. The summed E-state index contributed by atoms with van der Waals surface area (Å²) in [6, 6.07) is 13.1. The average molecular weight is 354 g/mol. The first kappa shape index (κ1) is 18.0. The van der Waals surface area contributed by atoms with Crippen molar-refractivity contribution in [2.24, 2.45) is 0 Å². The normalized spacial score (nSPS) is 13.5. The lowest BCUT2D eigenvalue weighted by Crippen LogP contribution is -2.23. The second-order valence-electron chi connectivity index (χ2n) is 6.29. The number of pyridine rings is 1. The fourth-order valence-corrected chi connectivity index (χ4v) is 3.01. The molecule has 2 heterocycles. The van der Waals surface area contributed by atoms with E-state index in [-0.39, 0.29) is 19.4 Å². The number of benzene rings is 1. The predicted octanol–water partition coefficient (Wildman–Crippen LogP) is 3.73. The summed E-state index contributed by atoms with van der Waals surface area (Å²) in [7, 11) is 1.65. The topological polar surface area (TPSA) is 53.6 Å². The Balaban J connectivity index is 1.77. The zero-order valence-corrected chi connectivity index (χ0v) is 14.5. The van der Waals surface area contributed by atoms with Gasteiger partial charge in [-0.1, -0.05) is 0 Å². The van der Waals surface area contributed by atoms with Crippen molar-refractivity contribution in [2.75, 3.05) is 13.6 Å². The van der Waals surface area contributed by atoms with Crippen LogP contribution in [0.15, 0.2) is 48.8 Å². The molecule has 0 aliphatic heterocycles. The van der Waals surface area contributed by atoms with E-state index >= 15 is 0 Å². The number of nitriles is 1. The van der Waals surface area contributed by atoms with Crippen molar-refractivity contribution in [3.05, 3.63) is 59.9 Å². The van der Waals surface area contributed by atoms with Crippen LogP contribution < -0.4 is 5.32 Å². The minimum Gasteiger partial charge on any atom is -0.317 e. The molecule has 1 aromatic carbocycles. The Morgan fingerprint density at radius 1 is 1.19 bits per heavy atom. The van der Waals surface area contributed by atoms with Crippen molar-refractivity contribution in [2.45, 2.75) is 25.2 Å². The Morgan fingerprint density at radius 2 is 1.96 bits per heavy atom. The maximum atomic E-state index is 14.1. The highest BCUT2D eigenvalue weighted by Gasteiger charge is 2.16. The molecule has 0 bridgehead atoms. The van der Waals surface area contributed by atoms with E-state index in [0.29, 0.717) is 5.56 Å². The molecule has 0 aliphatic carbocycles. The molecule has 4 nitrogen and oxygen atoms in total. The number of hydrogen-bond donors (Lipinski definition) is 1. The number of aromatic nitrogens is 2. The Kier molecular flexibility index (Phi) is 5.59. The van der Waals surface area contributed by atoms with E-state index in [2.05, 4.69) is 16.4 Å². The molecule has 3 rings (SSSR count). The van der Waals surface area contributed by atoms with Crippen LogP contribution in [0.5, 0.6) is 0 Å². The van der Waals surface area contributed by atoms with Crippen LogP contribution in [-0.2, 0) is 6.42 Å². The van der Waals surface area contributed by atoms with E-state index in [9.17, 15) is 8.78 Å². The SMILES string of the molecule is CNCC(F)CC(F)Cc1cnc2c(ccn2-c2ccc(C#N)cc2)c1. The third kappa shape index (κ3) is 4.06. The van der Waals surface area contributed by atoms with Gasteiger partial charge in [-0.3, -0.25) is 0 Å². The maximum Gasteiger partial charge on any atom is 0.144 e. The number of nitrogens with one attached hydrogen (secondary N) is 1. The van der Waals surface area contributed by atoms with Gasteiger partial charge in [0, 0.05) is 42.9 Å². The summed E-state index contributed by atoms with van der Waals surface area (Å²) in [6.45, 7) is 0.158. The van der Waals surface area contributed by atoms with Crippen molar-refractivity contribution in [3.8, 4) is 11.8 Å². The van der Waals surface area contributed by atoms with Crippen LogP contribution in [0.1, 0.15) is 17.5 Å². The average Bonchev–Trinajstić information content (AvgIpc) is 3.05. The molecule has 1 N–H and O–H groups in total. The number of alkyl halides is 2. The van der Waals surface area contributed by atoms with E-state index in [4.69, 9.17) is 5.26 Å². The second kappa shape index (κ2) is 8.07. The van der Waals surface area contributed by atoms with Crippen molar-refractivity contribution < 1.29 is 8.78 Å². The molecule has 134 valence electrons. The van der Waals surface area contributed by atoms with E-state index in [1.54, 1.807) is 25.4 Å². The van der Waals surface area contributed by atoms with Gasteiger partial charge < -0.3 is 9.88 Å². The highest BCUT2D eigenvalue weighted by atomic mass is 19.1. The van der Waals surface area contributed by atoms with Gasteiger partial charge in [0.2, 0.25) is 0 Å². The van der Waals surface area contributed by atoms with Crippen LogP contribution in [0.2, 0.25) is 0 Å². The highest BCUT2D eigenvalue weighted by Crippen LogP contribution is 2.21. The lowest BCUT2D eigenvalue weighted by atomic mass is 10.1. The van der Waals surface area contributed by atoms with Crippen molar-refractivity contribution >= 4 is 11.0 Å². The molecule has 0 aliphatic rings. The van der Waals surface area contributed by atoms with Crippen LogP contribution in [0.4, 0.5) is 8.78 Å². The molecule has 3 aromatic rings. The van der Waals surface area contributed by atoms with Gasteiger partial charge in [-0.05, 0) is 49.0 Å². The molecule has 6 heteroatoms. The van der Waals surface area contributed by atoms with Crippen LogP contribution in [0, 0.1) is 11.3 Å². The van der Waals surface area contributed by atoms with Gasteiger partial charge in [0.15, 0.2) is 0 Å². The fourth-order valence-electron chi connectivity index (χ4n) is 3.01. The minimum atomic E-state index is -1.24. The molecule has 2 atom stereocenters. The predicted molar refractivity (Wildman–Crippen MR) is 97.8 cm³/mol. The Labute approximate surface area is 151 Å². The van der Waals surface area contributed by atoms with Crippen molar-refractivity contribution in [1.29, 1.82) is 5.26 Å². The third-order valence-electron chi connectivity index (χ3n) is 4.25. The molecule has 2 aromatic heterocycles. The Hall–Kier alpha value is -2.78. The van der Waals surface area contributed by atoms with E-state index < -0.39 is 12.3 Å². The highest BCUT2D eigenvalue weighted by molar-refractivity contribution is 5.78. The molecule has 0 saturated heterocycles. The summed E-state index contributed by atoms with van der Waals surface area (Å²) in [4.78, 5) is 4.45. The zero-order valence-electron chi connectivity index (χ0n) is 14.5. The quantitative estimate of drug-likeness (QED) is 0.703. The molecule has 0 radical (unpaired) electrons. The van der Waals surface area contributed by atoms with E-state index in [0.717, 1.165) is 22.3 Å². The van der Waals surface area contributed by atoms with Gasteiger partial charge in [-0.25, -0.2) is 13.8 Å². The first-order chi connectivity index (χ1) is 12.6. The molecule has 2 unspecified atom stereocenters. The van der Waals surface area contributed by atoms with Gasteiger partial charge in [-0.2, -0.15) is 5.26 Å². The molecular formula is C20H20F2N4. The van der Waals surface area contributed by atoms with Gasteiger partial charge >= 0.3 is 0 Å².